The van der Waals surface area contributed by atoms with Crippen LogP contribution in [0.25, 0.3) is 0 Å². The van der Waals surface area contributed by atoms with Crippen LogP contribution < -0.4 is 16.0 Å². The molecule has 3 rings (SSSR count). The number of rotatable bonds is 5. The lowest BCUT2D eigenvalue weighted by Crippen LogP contribution is -2.50. The number of nitrogens with two attached hydrogens (primary N) is 1. The van der Waals surface area contributed by atoms with Gasteiger partial charge >= 0.3 is 0 Å². The fourth-order valence-electron chi connectivity index (χ4n) is 3.56. The topological polar surface area (TPSA) is 102 Å². The van der Waals surface area contributed by atoms with Crippen LogP contribution >= 0.6 is 0 Å². The maximum Gasteiger partial charge on any atom is 0.239 e. The van der Waals surface area contributed by atoms with Crippen molar-refractivity contribution in [3.05, 3.63) is 29.8 Å². The molecule has 7 nitrogen and oxygen atoms in total. The summed E-state index contributed by atoms with van der Waals surface area (Å²) in [6.45, 7) is 3.54. The van der Waals surface area contributed by atoms with Crippen molar-refractivity contribution in [3.8, 4) is 0 Å². The van der Waals surface area contributed by atoms with Crippen LogP contribution in [0.4, 0.5) is 5.69 Å². The van der Waals surface area contributed by atoms with Crippen LogP contribution in [-0.2, 0) is 19.1 Å². The number of carbonyl (C=O) groups is 3. The van der Waals surface area contributed by atoms with Gasteiger partial charge in [0.25, 0.3) is 0 Å². The molecule has 0 spiro atoms. The summed E-state index contributed by atoms with van der Waals surface area (Å²) in [6.07, 6.45) is 1.43. The number of anilines is 1. The number of ether oxygens (including phenoxy) is 1. The van der Waals surface area contributed by atoms with Gasteiger partial charge in [0.1, 0.15) is 5.92 Å². The molecule has 2 saturated heterocycles. The van der Waals surface area contributed by atoms with E-state index < -0.39 is 17.2 Å². The minimum absolute atomic E-state index is 0.152. The van der Waals surface area contributed by atoms with Crippen molar-refractivity contribution in [2.24, 2.45) is 17.1 Å². The molecule has 0 aliphatic carbocycles. The highest BCUT2D eigenvalue weighted by Crippen LogP contribution is 2.30. The van der Waals surface area contributed by atoms with E-state index >= 15 is 0 Å². The zero-order valence-corrected chi connectivity index (χ0v) is 15.0. The zero-order valence-electron chi connectivity index (χ0n) is 15.0. The Morgan fingerprint density at radius 2 is 1.92 bits per heavy atom. The molecule has 2 fully saturated rings. The quantitative estimate of drug-likeness (QED) is 0.757. The predicted octanol–water partition coefficient (Wildman–Crippen LogP) is 0.746. The first-order chi connectivity index (χ1) is 12.4. The molecule has 0 radical (unpaired) electrons. The lowest BCUT2D eigenvalue weighted by Gasteiger charge is -2.34. The number of aryl methyl sites for hydroxylation is 1. The molecule has 2 aliphatic heterocycles. The van der Waals surface area contributed by atoms with Crippen molar-refractivity contribution in [1.82, 2.24) is 5.32 Å². The molecular weight excluding hydrogens is 334 g/mol. The van der Waals surface area contributed by atoms with E-state index in [-0.39, 0.29) is 18.4 Å². The lowest BCUT2D eigenvalue weighted by molar-refractivity contribution is -0.135. The van der Waals surface area contributed by atoms with Crippen LogP contribution in [0.3, 0.4) is 0 Å². The maximum absolute atomic E-state index is 12.7. The molecule has 1 atom stereocenters. The number of carbonyl (C=O) groups excluding carboxylic acids is 3. The van der Waals surface area contributed by atoms with Gasteiger partial charge in [-0.2, -0.15) is 0 Å². The van der Waals surface area contributed by atoms with Gasteiger partial charge in [-0.25, -0.2) is 0 Å². The molecule has 3 amide bonds. The Kier molecular flexibility index (Phi) is 5.27. The van der Waals surface area contributed by atoms with Crippen LogP contribution in [0.15, 0.2) is 24.3 Å². The minimum Gasteiger partial charge on any atom is -0.381 e. The van der Waals surface area contributed by atoms with Crippen molar-refractivity contribution < 1.29 is 19.1 Å². The monoisotopic (exact) mass is 359 g/mol. The van der Waals surface area contributed by atoms with E-state index in [9.17, 15) is 14.4 Å². The van der Waals surface area contributed by atoms with Crippen molar-refractivity contribution >= 4 is 23.4 Å². The summed E-state index contributed by atoms with van der Waals surface area (Å²) >= 11 is 0. The van der Waals surface area contributed by atoms with E-state index in [1.54, 1.807) is 4.90 Å². The molecule has 140 valence electrons. The second-order valence-electron chi connectivity index (χ2n) is 7.14. The third-order valence-corrected chi connectivity index (χ3v) is 5.44. The molecule has 3 N–H and O–H groups in total. The van der Waals surface area contributed by atoms with Crippen LogP contribution in [0.1, 0.15) is 24.8 Å². The SMILES string of the molecule is Cc1ccc(N2CC[C@@H](C(=O)NCC3(C(N)=O)CCOCC3)C2=O)cc1. The van der Waals surface area contributed by atoms with Crippen LogP contribution in [-0.4, -0.2) is 44.0 Å². The number of hydrogen-bond donors (Lipinski definition) is 2. The van der Waals surface area contributed by atoms with Gasteiger partial charge in [0, 0.05) is 32.0 Å². The van der Waals surface area contributed by atoms with Gasteiger partial charge in [-0.15, -0.1) is 0 Å². The molecular formula is C19H25N3O4. The molecule has 0 aromatic heterocycles. The van der Waals surface area contributed by atoms with Crippen LogP contribution in [0.5, 0.6) is 0 Å². The van der Waals surface area contributed by atoms with E-state index in [1.807, 2.05) is 31.2 Å². The molecule has 1 aromatic carbocycles. The van der Waals surface area contributed by atoms with E-state index in [0.717, 1.165) is 11.3 Å². The van der Waals surface area contributed by atoms with Crippen LogP contribution in [0.2, 0.25) is 0 Å². The van der Waals surface area contributed by atoms with Crippen molar-refractivity contribution in [2.45, 2.75) is 26.2 Å². The zero-order chi connectivity index (χ0) is 18.7. The average Bonchev–Trinajstić information content (AvgIpc) is 3.02. The van der Waals surface area contributed by atoms with Crippen molar-refractivity contribution in [1.29, 1.82) is 0 Å². The fraction of sp³-hybridized carbons (Fsp3) is 0.526. The van der Waals surface area contributed by atoms with E-state index in [1.165, 1.54) is 0 Å². The summed E-state index contributed by atoms with van der Waals surface area (Å²) in [5.41, 5.74) is 6.69. The van der Waals surface area contributed by atoms with Gasteiger partial charge in [0.2, 0.25) is 17.7 Å². The molecule has 1 aromatic rings. The van der Waals surface area contributed by atoms with Gasteiger partial charge < -0.3 is 20.7 Å². The largest absolute Gasteiger partial charge is 0.381 e. The first kappa shape index (κ1) is 18.4. The van der Waals surface area contributed by atoms with Gasteiger partial charge in [0.15, 0.2) is 0 Å². The van der Waals surface area contributed by atoms with E-state index in [0.29, 0.717) is 39.0 Å². The van der Waals surface area contributed by atoms with Crippen LogP contribution in [0, 0.1) is 18.3 Å². The number of benzene rings is 1. The number of primary amides is 1. The summed E-state index contributed by atoms with van der Waals surface area (Å²) in [4.78, 5) is 38.7. The number of hydrogen-bond acceptors (Lipinski definition) is 4. The first-order valence-electron chi connectivity index (χ1n) is 8.96. The van der Waals surface area contributed by atoms with E-state index in [4.69, 9.17) is 10.5 Å². The predicted molar refractivity (Wildman–Crippen MR) is 96.3 cm³/mol. The standard InChI is InChI=1S/C19H25N3O4/c1-13-2-4-14(5-3-13)22-9-6-15(17(22)24)16(23)21-12-19(18(20)25)7-10-26-11-8-19/h2-5,15H,6-12H2,1H3,(H2,20,25)(H,21,23)/t15-/m0/s1. The normalized spacial score (nSPS) is 22.3. The average molecular weight is 359 g/mol. The lowest BCUT2D eigenvalue weighted by atomic mass is 9.79. The highest BCUT2D eigenvalue weighted by atomic mass is 16.5. The second kappa shape index (κ2) is 7.45. The summed E-state index contributed by atoms with van der Waals surface area (Å²) in [6, 6.07) is 7.66. The Labute approximate surface area is 152 Å². The molecule has 2 aliphatic rings. The Balaban J connectivity index is 1.62. The fourth-order valence-corrected chi connectivity index (χ4v) is 3.56. The maximum atomic E-state index is 12.7. The minimum atomic E-state index is -0.786. The highest BCUT2D eigenvalue weighted by Gasteiger charge is 2.41. The molecule has 2 heterocycles. The number of nitrogens with zero attached hydrogens (tertiary/aromatic N) is 1. The summed E-state index contributed by atoms with van der Waals surface area (Å²) in [5.74, 6) is -1.69. The molecule has 0 bridgehead atoms. The van der Waals surface area contributed by atoms with Gasteiger partial charge in [0.05, 0.1) is 5.41 Å². The van der Waals surface area contributed by atoms with E-state index in [2.05, 4.69) is 5.32 Å². The molecule has 0 saturated carbocycles. The second-order valence-corrected chi connectivity index (χ2v) is 7.14. The van der Waals surface area contributed by atoms with Crippen molar-refractivity contribution in [2.75, 3.05) is 31.2 Å². The first-order valence-corrected chi connectivity index (χ1v) is 8.96. The Morgan fingerprint density at radius 1 is 1.27 bits per heavy atom. The molecule has 7 heteroatoms. The summed E-state index contributed by atoms with van der Waals surface area (Å²) < 4.78 is 5.29. The van der Waals surface area contributed by atoms with Crippen molar-refractivity contribution in [3.63, 3.8) is 0 Å². The Morgan fingerprint density at radius 3 is 2.54 bits per heavy atom. The van der Waals surface area contributed by atoms with Gasteiger partial charge in [-0.05, 0) is 38.3 Å². The third-order valence-electron chi connectivity index (χ3n) is 5.44. The molecule has 0 unspecified atom stereocenters. The number of nitrogens with one attached hydrogen (secondary N) is 1. The summed E-state index contributed by atoms with van der Waals surface area (Å²) in [7, 11) is 0. The third kappa shape index (κ3) is 3.58. The van der Waals surface area contributed by atoms with Gasteiger partial charge in [-0.3, -0.25) is 14.4 Å². The summed E-state index contributed by atoms with van der Waals surface area (Å²) in [5, 5.41) is 2.79. The number of amides is 3. The molecule has 26 heavy (non-hydrogen) atoms. The Hall–Kier alpha value is -2.41. The Bertz CT molecular complexity index is 695. The van der Waals surface area contributed by atoms with Gasteiger partial charge in [-0.1, -0.05) is 17.7 Å². The smallest absolute Gasteiger partial charge is 0.239 e. The highest BCUT2D eigenvalue weighted by molar-refractivity contribution is 6.09.